The third kappa shape index (κ3) is 4.31. The van der Waals surface area contributed by atoms with Crippen LogP contribution in [0.3, 0.4) is 0 Å². The fraction of sp³-hybridized carbons (Fsp3) is 0.441. The molecule has 0 bridgehead atoms. The van der Waals surface area contributed by atoms with Gasteiger partial charge in [-0.1, -0.05) is 30.9 Å². The van der Waals surface area contributed by atoms with Crippen molar-refractivity contribution in [2.45, 2.75) is 56.7 Å². The first-order chi connectivity index (χ1) is 18.7. The molecule has 5 heteroatoms. The van der Waals surface area contributed by atoms with E-state index in [4.69, 9.17) is 9.47 Å². The first kappa shape index (κ1) is 25.9. The Kier molecular flexibility index (Phi) is 6.44. The van der Waals surface area contributed by atoms with Gasteiger partial charge in [0.1, 0.15) is 11.4 Å². The summed E-state index contributed by atoms with van der Waals surface area (Å²) in [6, 6.07) is 16.4. The summed E-state index contributed by atoms with van der Waals surface area (Å²) >= 11 is 0. The number of hydrogen-bond acceptors (Lipinski definition) is 5. The van der Waals surface area contributed by atoms with Crippen LogP contribution in [0.15, 0.2) is 71.3 Å². The number of anilines is 1. The van der Waals surface area contributed by atoms with Crippen molar-refractivity contribution in [1.29, 1.82) is 0 Å². The molecule has 0 amide bonds. The molecule has 0 unspecified atom stereocenters. The molecule has 5 atom stereocenters. The molecule has 2 aromatic rings. The van der Waals surface area contributed by atoms with Crippen molar-refractivity contribution >= 4 is 11.5 Å². The minimum absolute atomic E-state index is 0.0839. The average Bonchev–Trinajstić information content (AvgIpc) is 3.21. The number of fused-ring (bicyclic) bond motifs is 4. The van der Waals surface area contributed by atoms with E-state index in [0.29, 0.717) is 19.4 Å². The Labute approximate surface area is 231 Å². The van der Waals surface area contributed by atoms with Gasteiger partial charge >= 0.3 is 0 Å². The molecule has 6 rings (SSSR count). The molecule has 1 aliphatic heterocycles. The van der Waals surface area contributed by atoms with Gasteiger partial charge in [-0.2, -0.15) is 0 Å². The molecule has 1 heterocycles. The van der Waals surface area contributed by atoms with Crippen LogP contribution in [0.4, 0.5) is 5.69 Å². The van der Waals surface area contributed by atoms with Gasteiger partial charge in [-0.25, -0.2) is 0 Å². The zero-order valence-corrected chi connectivity index (χ0v) is 23.3. The zero-order chi connectivity index (χ0) is 27.4. The van der Waals surface area contributed by atoms with E-state index in [1.54, 1.807) is 13.2 Å². The van der Waals surface area contributed by atoms with Crippen molar-refractivity contribution in [3.8, 4) is 17.6 Å². The summed E-state index contributed by atoms with van der Waals surface area (Å²) in [7, 11) is 5.75. The van der Waals surface area contributed by atoms with E-state index in [0.717, 1.165) is 41.8 Å². The number of nitrogens with zero attached hydrogens (tertiary/aromatic N) is 1. The van der Waals surface area contributed by atoms with E-state index in [-0.39, 0.29) is 23.7 Å². The second kappa shape index (κ2) is 9.70. The Morgan fingerprint density at radius 3 is 2.51 bits per heavy atom. The van der Waals surface area contributed by atoms with Crippen LogP contribution in [0, 0.1) is 23.2 Å². The van der Waals surface area contributed by atoms with Crippen LogP contribution in [0.25, 0.3) is 0 Å². The number of methoxy groups -OCH3 is 1. The lowest BCUT2D eigenvalue weighted by atomic mass is 9.55. The molecular formula is C34H37NO4. The van der Waals surface area contributed by atoms with Gasteiger partial charge in [0, 0.05) is 43.1 Å². The average molecular weight is 524 g/mol. The van der Waals surface area contributed by atoms with Gasteiger partial charge in [0.15, 0.2) is 5.78 Å². The summed E-state index contributed by atoms with van der Waals surface area (Å²) < 4.78 is 11.9. The largest absolute Gasteiger partial charge is 0.497 e. The Balaban J connectivity index is 1.43. The smallest absolute Gasteiger partial charge is 0.156 e. The van der Waals surface area contributed by atoms with Gasteiger partial charge in [0.25, 0.3) is 0 Å². The molecule has 0 saturated heterocycles. The van der Waals surface area contributed by atoms with Crippen molar-refractivity contribution < 1.29 is 19.4 Å². The Morgan fingerprint density at radius 1 is 1.08 bits per heavy atom. The molecule has 0 radical (unpaired) electrons. The fourth-order valence-electron chi connectivity index (χ4n) is 7.38. The van der Waals surface area contributed by atoms with Crippen LogP contribution in [0.1, 0.15) is 56.1 Å². The molecule has 2 aromatic carbocycles. The van der Waals surface area contributed by atoms with Crippen LogP contribution < -0.4 is 9.64 Å². The second-order valence-corrected chi connectivity index (χ2v) is 11.9. The molecule has 0 spiro atoms. The van der Waals surface area contributed by atoms with E-state index >= 15 is 0 Å². The van der Waals surface area contributed by atoms with Crippen LogP contribution in [-0.4, -0.2) is 50.4 Å². The standard InChI is InChI=1S/C34H37NO4/c1-33-20-29(23-7-9-25(10-8-23)35(2)3)31-28-14-11-26(36)19-24(28)21-39-32(31)30(33)16-18-34(33,37)17-15-22-5-12-27(38-4)13-6-22/h5-10,12-13,19,29-30,32,37H,11,14,16,18,20-21H2,1-4H3/t29-,30+,32+,33+,34+/m1/s1. The van der Waals surface area contributed by atoms with Gasteiger partial charge in [-0.3, -0.25) is 4.79 Å². The third-order valence-corrected chi connectivity index (χ3v) is 9.68. The minimum atomic E-state index is -1.13. The molecule has 4 aliphatic rings. The highest BCUT2D eigenvalue weighted by Gasteiger charge is 2.63. The van der Waals surface area contributed by atoms with E-state index in [1.807, 2.05) is 38.4 Å². The summed E-state index contributed by atoms with van der Waals surface area (Å²) in [5.41, 5.74) is 5.35. The molecule has 202 valence electrons. The highest BCUT2D eigenvalue weighted by molar-refractivity contribution is 5.93. The maximum Gasteiger partial charge on any atom is 0.156 e. The number of allylic oxidation sites excluding steroid dienone is 1. The van der Waals surface area contributed by atoms with Crippen molar-refractivity contribution in [3.63, 3.8) is 0 Å². The maximum atomic E-state index is 12.3. The van der Waals surface area contributed by atoms with Gasteiger partial charge in [0.2, 0.25) is 0 Å². The number of benzene rings is 2. The summed E-state index contributed by atoms with van der Waals surface area (Å²) in [5, 5.41) is 12.2. The number of ether oxygens (including phenoxy) is 2. The lowest BCUT2D eigenvalue weighted by molar-refractivity contribution is -0.115. The molecule has 39 heavy (non-hydrogen) atoms. The van der Waals surface area contributed by atoms with Crippen molar-refractivity contribution in [3.05, 3.63) is 82.5 Å². The lowest BCUT2D eigenvalue weighted by Crippen LogP contribution is -2.53. The van der Waals surface area contributed by atoms with E-state index in [1.165, 1.54) is 16.7 Å². The van der Waals surface area contributed by atoms with Crippen molar-refractivity contribution in [1.82, 2.24) is 0 Å². The summed E-state index contributed by atoms with van der Waals surface area (Å²) in [4.78, 5) is 14.4. The van der Waals surface area contributed by atoms with Crippen LogP contribution in [0.2, 0.25) is 0 Å². The number of carbonyl (C=O) groups excluding carboxylic acids is 1. The molecular weight excluding hydrogens is 486 g/mol. The van der Waals surface area contributed by atoms with Crippen molar-refractivity contribution in [2.24, 2.45) is 11.3 Å². The molecule has 0 aromatic heterocycles. The first-order valence-corrected chi connectivity index (χ1v) is 14.0. The summed E-state index contributed by atoms with van der Waals surface area (Å²) in [6.07, 6.45) is 5.31. The number of rotatable bonds is 3. The normalized spacial score (nSPS) is 31.4. The SMILES string of the molecule is COc1ccc(C#C[C@]2(O)CC[C@H]3[C@@H]4OCC5=CC(=O)CCC5=C4[C@@H](c4ccc(N(C)C)cc4)C[C@@]32C)cc1. The number of ketones is 1. The first-order valence-electron chi connectivity index (χ1n) is 14.0. The summed E-state index contributed by atoms with van der Waals surface area (Å²) in [5.74, 6) is 7.83. The molecule has 2 saturated carbocycles. The predicted octanol–water partition coefficient (Wildman–Crippen LogP) is 5.43. The molecule has 5 nitrogen and oxygen atoms in total. The number of aliphatic hydroxyl groups is 1. The number of hydrogen-bond donors (Lipinski definition) is 1. The van der Waals surface area contributed by atoms with E-state index < -0.39 is 11.0 Å². The topological polar surface area (TPSA) is 59.0 Å². The Bertz CT molecular complexity index is 1410. The fourth-order valence-corrected chi connectivity index (χ4v) is 7.38. The molecule has 2 fully saturated rings. The molecule has 1 N–H and O–H groups in total. The van der Waals surface area contributed by atoms with Crippen LogP contribution >= 0.6 is 0 Å². The number of carbonyl (C=O) groups is 1. The van der Waals surface area contributed by atoms with Gasteiger partial charge < -0.3 is 19.5 Å². The minimum Gasteiger partial charge on any atom is -0.497 e. The van der Waals surface area contributed by atoms with Crippen LogP contribution in [-0.2, 0) is 9.53 Å². The van der Waals surface area contributed by atoms with Crippen LogP contribution in [0.5, 0.6) is 5.75 Å². The van der Waals surface area contributed by atoms with E-state index in [9.17, 15) is 9.90 Å². The Hall–Kier alpha value is -3.33. The predicted molar refractivity (Wildman–Crippen MR) is 153 cm³/mol. The Morgan fingerprint density at radius 2 is 1.82 bits per heavy atom. The monoisotopic (exact) mass is 523 g/mol. The maximum absolute atomic E-state index is 12.3. The van der Waals surface area contributed by atoms with Gasteiger partial charge in [-0.05, 0) is 96.4 Å². The zero-order valence-electron chi connectivity index (χ0n) is 23.3. The molecule has 3 aliphatic carbocycles. The quantitative estimate of drug-likeness (QED) is 0.544. The summed E-state index contributed by atoms with van der Waals surface area (Å²) in [6.45, 7) is 2.68. The highest BCUT2D eigenvalue weighted by atomic mass is 16.5. The second-order valence-electron chi connectivity index (χ2n) is 11.9. The van der Waals surface area contributed by atoms with Gasteiger partial charge in [-0.15, -0.1) is 0 Å². The third-order valence-electron chi connectivity index (χ3n) is 9.68. The van der Waals surface area contributed by atoms with Gasteiger partial charge in [0.05, 0.1) is 19.8 Å². The van der Waals surface area contributed by atoms with E-state index in [2.05, 4.69) is 47.9 Å². The lowest BCUT2D eigenvalue weighted by Gasteiger charge is -2.53. The van der Waals surface area contributed by atoms with Crippen molar-refractivity contribution in [2.75, 3.05) is 32.7 Å². The highest BCUT2D eigenvalue weighted by Crippen LogP contribution is 2.64.